The highest BCUT2D eigenvalue weighted by Crippen LogP contribution is 2.31. The van der Waals surface area contributed by atoms with Gasteiger partial charge in [-0.25, -0.2) is 0 Å². The van der Waals surface area contributed by atoms with E-state index in [4.69, 9.17) is 12.2 Å². The Bertz CT molecular complexity index is 1170. The predicted molar refractivity (Wildman–Crippen MR) is 119 cm³/mol. The zero-order valence-corrected chi connectivity index (χ0v) is 17.8. The number of benzene rings is 2. The number of carbonyl (C=O) groups is 1. The van der Waals surface area contributed by atoms with Crippen LogP contribution in [-0.2, 0) is 7.05 Å². The minimum absolute atomic E-state index is 0.133. The molecule has 9 nitrogen and oxygen atoms in total. The molecule has 3 aromatic rings. The molecule has 1 aromatic heterocycles. The molecule has 0 bridgehead atoms. The lowest BCUT2D eigenvalue weighted by atomic mass is 9.95. The van der Waals surface area contributed by atoms with E-state index >= 15 is 0 Å². The maximum atomic E-state index is 13.0. The first-order valence-electron chi connectivity index (χ1n) is 9.95. The number of likely N-dealkylation sites (tertiary alicyclic amines) is 1. The molecule has 0 aliphatic carbocycles. The van der Waals surface area contributed by atoms with Gasteiger partial charge in [-0.3, -0.25) is 20.0 Å². The van der Waals surface area contributed by atoms with Gasteiger partial charge in [0, 0.05) is 43.4 Å². The zero-order valence-electron chi connectivity index (χ0n) is 16.9. The van der Waals surface area contributed by atoms with E-state index in [1.54, 1.807) is 17.0 Å². The maximum absolute atomic E-state index is 13.0. The summed E-state index contributed by atoms with van der Waals surface area (Å²) >= 11 is 5.18. The largest absolute Gasteiger partial charge is 0.350 e. The third-order valence-electron chi connectivity index (χ3n) is 5.56. The molecular weight excluding hydrogens is 416 g/mol. The minimum atomic E-state index is -0.474. The van der Waals surface area contributed by atoms with Crippen LogP contribution in [0.15, 0.2) is 48.5 Å². The van der Waals surface area contributed by atoms with Gasteiger partial charge in [-0.15, -0.1) is 0 Å². The third kappa shape index (κ3) is 4.33. The summed E-state index contributed by atoms with van der Waals surface area (Å²) in [4.78, 5) is 25.9. The van der Waals surface area contributed by atoms with Gasteiger partial charge in [-0.2, -0.15) is 5.10 Å². The highest BCUT2D eigenvalue weighted by molar-refractivity contribution is 7.71. The van der Waals surface area contributed by atoms with Crippen molar-refractivity contribution in [1.82, 2.24) is 19.7 Å². The fraction of sp³-hybridized carbons (Fsp3) is 0.286. The number of para-hydroxylation sites is 1. The van der Waals surface area contributed by atoms with E-state index < -0.39 is 4.92 Å². The molecule has 1 aliphatic heterocycles. The summed E-state index contributed by atoms with van der Waals surface area (Å²) in [6.45, 7) is 1.11. The first kappa shape index (κ1) is 20.7. The van der Waals surface area contributed by atoms with Crippen molar-refractivity contribution in [2.75, 3.05) is 18.4 Å². The first-order chi connectivity index (χ1) is 14.9. The molecule has 0 spiro atoms. The van der Waals surface area contributed by atoms with Crippen molar-refractivity contribution in [3.8, 4) is 0 Å². The van der Waals surface area contributed by atoms with Gasteiger partial charge in [0.2, 0.25) is 0 Å². The molecular formula is C21H22N6O3S. The predicted octanol–water partition coefficient (Wildman–Crippen LogP) is 4.15. The lowest BCUT2D eigenvalue weighted by Crippen LogP contribution is -2.38. The standard InChI is InChI=1S/C21H22N6O3S/c1-25-19(23-24-21(25)31)14-9-11-26(12-10-14)20(28)15-7-8-17(18(13-15)27(29)30)22-16-5-3-2-4-6-16/h2-8,13-14,22H,9-12H2,1H3,(H,24,31). The Hall–Kier alpha value is -3.53. The number of hydrogen-bond donors (Lipinski definition) is 2. The second-order valence-corrected chi connectivity index (χ2v) is 7.88. The Balaban J connectivity index is 1.48. The van der Waals surface area contributed by atoms with E-state index in [0.717, 1.165) is 24.4 Å². The first-order valence-corrected chi connectivity index (χ1v) is 10.4. The van der Waals surface area contributed by atoms with Gasteiger partial charge in [-0.1, -0.05) is 18.2 Å². The van der Waals surface area contributed by atoms with Gasteiger partial charge in [0.15, 0.2) is 4.77 Å². The number of aromatic amines is 1. The zero-order chi connectivity index (χ0) is 22.0. The van der Waals surface area contributed by atoms with Gasteiger partial charge >= 0.3 is 0 Å². The molecule has 0 unspecified atom stereocenters. The Morgan fingerprint density at radius 3 is 2.55 bits per heavy atom. The number of nitrogens with zero attached hydrogens (tertiary/aromatic N) is 4. The van der Waals surface area contributed by atoms with Crippen molar-refractivity contribution in [3.63, 3.8) is 0 Å². The summed E-state index contributed by atoms with van der Waals surface area (Å²) in [5.41, 5.74) is 1.26. The molecule has 0 atom stereocenters. The lowest BCUT2D eigenvalue weighted by molar-refractivity contribution is -0.383. The fourth-order valence-electron chi connectivity index (χ4n) is 3.85. The van der Waals surface area contributed by atoms with Crippen LogP contribution in [0.4, 0.5) is 17.1 Å². The topological polar surface area (TPSA) is 109 Å². The second-order valence-electron chi connectivity index (χ2n) is 7.49. The molecule has 4 rings (SSSR count). The number of nitro groups is 1. The lowest BCUT2D eigenvalue weighted by Gasteiger charge is -2.31. The summed E-state index contributed by atoms with van der Waals surface area (Å²) in [5.74, 6) is 0.904. The van der Waals surface area contributed by atoms with Gasteiger partial charge < -0.3 is 14.8 Å². The summed E-state index contributed by atoms with van der Waals surface area (Å²) in [7, 11) is 1.88. The number of nitro benzene ring substituents is 1. The summed E-state index contributed by atoms with van der Waals surface area (Å²) in [5, 5.41) is 21.8. The Labute approximate surface area is 183 Å². The number of nitrogens with one attached hydrogen (secondary N) is 2. The van der Waals surface area contributed by atoms with Crippen molar-refractivity contribution in [2.24, 2.45) is 7.05 Å². The SMILES string of the molecule is Cn1c(C2CCN(C(=O)c3ccc(Nc4ccccc4)c([N+](=O)[O-])c3)CC2)n[nH]c1=S. The molecule has 2 N–H and O–H groups in total. The van der Waals surface area contributed by atoms with Crippen LogP contribution >= 0.6 is 12.2 Å². The van der Waals surface area contributed by atoms with Crippen LogP contribution in [0.1, 0.15) is 34.9 Å². The molecule has 31 heavy (non-hydrogen) atoms. The molecule has 1 saturated heterocycles. The third-order valence-corrected chi connectivity index (χ3v) is 5.92. The normalized spacial score (nSPS) is 14.4. The number of rotatable bonds is 5. The molecule has 0 radical (unpaired) electrons. The summed E-state index contributed by atoms with van der Waals surface area (Å²) in [6.07, 6.45) is 1.52. The quantitative estimate of drug-likeness (QED) is 0.352. The number of piperidine rings is 1. The van der Waals surface area contributed by atoms with Crippen molar-refractivity contribution in [3.05, 3.63) is 74.8 Å². The van der Waals surface area contributed by atoms with E-state index in [2.05, 4.69) is 15.5 Å². The summed E-state index contributed by atoms with van der Waals surface area (Å²) < 4.78 is 2.43. The van der Waals surface area contributed by atoms with Crippen LogP contribution in [-0.4, -0.2) is 43.6 Å². The average molecular weight is 439 g/mol. The molecule has 1 amide bonds. The van der Waals surface area contributed by atoms with Crippen LogP contribution in [0.3, 0.4) is 0 Å². The van der Waals surface area contributed by atoms with Crippen LogP contribution < -0.4 is 5.32 Å². The van der Waals surface area contributed by atoms with E-state index in [0.29, 0.717) is 29.1 Å². The van der Waals surface area contributed by atoms with Crippen LogP contribution in [0.25, 0.3) is 0 Å². The van der Waals surface area contributed by atoms with Crippen molar-refractivity contribution < 1.29 is 9.72 Å². The number of H-pyrrole nitrogens is 1. The Morgan fingerprint density at radius 1 is 1.23 bits per heavy atom. The van der Waals surface area contributed by atoms with Crippen LogP contribution in [0, 0.1) is 14.9 Å². The van der Waals surface area contributed by atoms with E-state index in [-0.39, 0.29) is 17.5 Å². The van der Waals surface area contributed by atoms with Crippen LogP contribution in [0.2, 0.25) is 0 Å². The average Bonchev–Trinajstić information content (AvgIpc) is 3.12. The van der Waals surface area contributed by atoms with Gasteiger partial charge in [0.05, 0.1) is 4.92 Å². The Morgan fingerprint density at radius 2 is 1.94 bits per heavy atom. The molecule has 10 heteroatoms. The molecule has 1 fully saturated rings. The number of amides is 1. The second kappa shape index (κ2) is 8.68. The van der Waals surface area contributed by atoms with E-state index in [1.807, 2.05) is 41.9 Å². The van der Waals surface area contributed by atoms with Gasteiger partial charge in [0.1, 0.15) is 11.5 Å². The van der Waals surface area contributed by atoms with Gasteiger partial charge in [0.25, 0.3) is 11.6 Å². The molecule has 2 aromatic carbocycles. The molecule has 1 aliphatic rings. The monoisotopic (exact) mass is 438 g/mol. The van der Waals surface area contributed by atoms with Gasteiger partial charge in [-0.05, 0) is 49.3 Å². The van der Waals surface area contributed by atoms with Crippen LogP contribution in [0.5, 0.6) is 0 Å². The summed E-state index contributed by atoms with van der Waals surface area (Å²) in [6, 6.07) is 13.7. The van der Waals surface area contributed by atoms with Crippen molar-refractivity contribution in [1.29, 1.82) is 0 Å². The number of aromatic nitrogens is 3. The van der Waals surface area contributed by atoms with E-state index in [9.17, 15) is 14.9 Å². The number of anilines is 2. The fourth-order valence-corrected chi connectivity index (χ4v) is 3.99. The number of hydrogen-bond acceptors (Lipinski definition) is 6. The smallest absolute Gasteiger partial charge is 0.293 e. The van der Waals surface area contributed by atoms with Crippen molar-refractivity contribution in [2.45, 2.75) is 18.8 Å². The molecule has 0 saturated carbocycles. The highest BCUT2D eigenvalue weighted by Gasteiger charge is 2.28. The maximum Gasteiger partial charge on any atom is 0.293 e. The highest BCUT2D eigenvalue weighted by atomic mass is 32.1. The number of carbonyl (C=O) groups excluding carboxylic acids is 1. The molecule has 160 valence electrons. The van der Waals surface area contributed by atoms with E-state index in [1.165, 1.54) is 6.07 Å². The Kier molecular flexibility index (Phi) is 5.81. The minimum Gasteiger partial charge on any atom is -0.350 e. The molecule has 2 heterocycles. The van der Waals surface area contributed by atoms with Crippen molar-refractivity contribution >= 4 is 35.2 Å².